The second-order valence-corrected chi connectivity index (χ2v) is 6.15. The van der Waals surface area contributed by atoms with E-state index < -0.39 is 0 Å². The average molecular weight is 254 g/mol. The number of nitrogens with two attached hydrogens (primary N) is 1. The highest BCUT2D eigenvalue weighted by Gasteiger charge is 2.15. The van der Waals surface area contributed by atoms with Gasteiger partial charge >= 0.3 is 0 Å². The molecule has 0 aliphatic heterocycles. The Kier molecular flexibility index (Phi) is 9.59. The summed E-state index contributed by atoms with van der Waals surface area (Å²) < 4.78 is 0. The monoisotopic (exact) mass is 254 g/mol. The summed E-state index contributed by atoms with van der Waals surface area (Å²) in [6, 6.07) is 0.563. The zero-order chi connectivity index (χ0) is 13.1. The number of nitrogens with one attached hydrogen (secondary N) is 1. The van der Waals surface area contributed by atoms with Gasteiger partial charge in [-0.3, -0.25) is 11.3 Å². The van der Waals surface area contributed by atoms with Gasteiger partial charge in [-0.25, -0.2) is 0 Å². The second-order valence-electron chi connectivity index (χ2n) is 6.15. The van der Waals surface area contributed by atoms with E-state index >= 15 is 0 Å². The Morgan fingerprint density at radius 2 is 1.72 bits per heavy atom. The predicted octanol–water partition coefficient (Wildman–Crippen LogP) is 4.54. The molecule has 1 rings (SSSR count). The van der Waals surface area contributed by atoms with Crippen LogP contribution in [0.4, 0.5) is 0 Å². The van der Waals surface area contributed by atoms with Crippen LogP contribution < -0.4 is 11.3 Å². The third kappa shape index (κ3) is 7.38. The van der Waals surface area contributed by atoms with E-state index in [0.29, 0.717) is 6.04 Å². The molecule has 1 unspecified atom stereocenters. The molecule has 0 bridgehead atoms. The van der Waals surface area contributed by atoms with Gasteiger partial charge in [0.05, 0.1) is 0 Å². The first-order valence-corrected chi connectivity index (χ1v) is 8.33. The Hall–Kier alpha value is -0.0800. The van der Waals surface area contributed by atoms with Gasteiger partial charge in [-0.2, -0.15) is 0 Å². The lowest BCUT2D eigenvalue weighted by Crippen LogP contribution is -2.35. The van der Waals surface area contributed by atoms with Crippen molar-refractivity contribution in [1.82, 2.24) is 5.43 Å². The van der Waals surface area contributed by atoms with Crippen LogP contribution in [0, 0.1) is 5.92 Å². The Labute approximate surface area is 114 Å². The Bertz CT molecular complexity index is 176. The molecule has 0 radical (unpaired) electrons. The van der Waals surface area contributed by atoms with Gasteiger partial charge < -0.3 is 0 Å². The summed E-state index contributed by atoms with van der Waals surface area (Å²) in [5, 5.41) is 0. The fourth-order valence-electron chi connectivity index (χ4n) is 3.22. The van der Waals surface area contributed by atoms with E-state index in [0.717, 1.165) is 5.92 Å². The molecule has 1 saturated carbocycles. The second kappa shape index (κ2) is 10.8. The van der Waals surface area contributed by atoms with E-state index in [2.05, 4.69) is 12.3 Å². The van der Waals surface area contributed by atoms with Gasteiger partial charge in [0.25, 0.3) is 0 Å². The van der Waals surface area contributed by atoms with Crippen LogP contribution in [0.1, 0.15) is 90.4 Å². The van der Waals surface area contributed by atoms with Crippen LogP contribution in [0.25, 0.3) is 0 Å². The van der Waals surface area contributed by atoms with Gasteiger partial charge in [-0.1, -0.05) is 71.1 Å². The maximum atomic E-state index is 5.68. The van der Waals surface area contributed by atoms with Crippen molar-refractivity contribution in [3.63, 3.8) is 0 Å². The highest BCUT2D eigenvalue weighted by Crippen LogP contribution is 2.28. The molecule has 0 spiro atoms. The van der Waals surface area contributed by atoms with E-state index in [4.69, 9.17) is 5.84 Å². The van der Waals surface area contributed by atoms with Crippen LogP contribution in [0.15, 0.2) is 0 Å². The molecular weight excluding hydrogens is 220 g/mol. The van der Waals surface area contributed by atoms with Gasteiger partial charge in [-0.05, 0) is 25.2 Å². The SMILES string of the molecule is CCCCCCCC(CCC1CCCCC1)NN. The van der Waals surface area contributed by atoms with E-state index in [1.807, 2.05) is 0 Å². The fraction of sp³-hybridized carbons (Fsp3) is 1.00. The number of unbranched alkanes of at least 4 members (excludes halogenated alkanes) is 4. The molecule has 108 valence electrons. The molecule has 18 heavy (non-hydrogen) atoms. The fourth-order valence-corrected chi connectivity index (χ4v) is 3.22. The molecule has 0 amide bonds. The third-order valence-electron chi connectivity index (χ3n) is 4.54. The largest absolute Gasteiger partial charge is 0.271 e. The van der Waals surface area contributed by atoms with Gasteiger partial charge in [0.2, 0.25) is 0 Å². The molecule has 1 aliphatic carbocycles. The van der Waals surface area contributed by atoms with Crippen molar-refractivity contribution in [3.8, 4) is 0 Å². The standard InChI is InChI=1S/C16H34N2/c1-2-3-4-5-9-12-16(18-17)14-13-15-10-7-6-8-11-15/h15-16,18H,2-14,17H2,1H3. The zero-order valence-corrected chi connectivity index (χ0v) is 12.4. The minimum atomic E-state index is 0.563. The summed E-state index contributed by atoms with van der Waals surface area (Å²) in [4.78, 5) is 0. The van der Waals surface area contributed by atoms with Gasteiger partial charge in [-0.15, -0.1) is 0 Å². The number of hydrogen-bond acceptors (Lipinski definition) is 2. The maximum Gasteiger partial charge on any atom is 0.0210 e. The van der Waals surface area contributed by atoms with Crippen molar-refractivity contribution in [2.75, 3.05) is 0 Å². The summed E-state index contributed by atoms with van der Waals surface area (Å²) in [5.74, 6) is 6.67. The van der Waals surface area contributed by atoms with Crippen LogP contribution in [0.3, 0.4) is 0 Å². The van der Waals surface area contributed by atoms with Crippen LogP contribution >= 0.6 is 0 Å². The number of hydrazine groups is 1. The predicted molar refractivity (Wildman–Crippen MR) is 80.3 cm³/mol. The first kappa shape index (κ1) is 16.0. The highest BCUT2D eigenvalue weighted by atomic mass is 15.2. The summed E-state index contributed by atoms with van der Waals surface area (Å²) in [6.45, 7) is 2.27. The minimum absolute atomic E-state index is 0.563. The number of rotatable bonds is 10. The summed E-state index contributed by atoms with van der Waals surface area (Å²) >= 11 is 0. The Balaban J connectivity index is 2.01. The van der Waals surface area contributed by atoms with Crippen molar-refractivity contribution < 1.29 is 0 Å². The van der Waals surface area contributed by atoms with E-state index in [1.165, 1.54) is 83.5 Å². The topological polar surface area (TPSA) is 38.0 Å². The highest BCUT2D eigenvalue weighted by molar-refractivity contribution is 4.70. The molecular formula is C16H34N2. The molecule has 0 aromatic rings. The maximum absolute atomic E-state index is 5.68. The summed E-state index contributed by atoms with van der Waals surface area (Å²) in [5.41, 5.74) is 3.03. The van der Waals surface area contributed by atoms with Crippen LogP contribution in [-0.4, -0.2) is 6.04 Å². The molecule has 2 heteroatoms. The van der Waals surface area contributed by atoms with Crippen molar-refractivity contribution in [1.29, 1.82) is 0 Å². The lowest BCUT2D eigenvalue weighted by atomic mass is 9.85. The average Bonchev–Trinajstić information content (AvgIpc) is 2.43. The van der Waals surface area contributed by atoms with Crippen molar-refractivity contribution in [3.05, 3.63) is 0 Å². The lowest BCUT2D eigenvalue weighted by Gasteiger charge is -2.24. The summed E-state index contributed by atoms with van der Waals surface area (Å²) in [6.07, 6.45) is 18.1. The zero-order valence-electron chi connectivity index (χ0n) is 12.4. The van der Waals surface area contributed by atoms with E-state index in [-0.39, 0.29) is 0 Å². The Morgan fingerprint density at radius 3 is 2.39 bits per heavy atom. The van der Waals surface area contributed by atoms with E-state index in [9.17, 15) is 0 Å². The molecule has 2 nitrogen and oxygen atoms in total. The molecule has 1 atom stereocenters. The molecule has 0 aromatic carbocycles. The van der Waals surface area contributed by atoms with Gasteiger partial charge in [0.15, 0.2) is 0 Å². The van der Waals surface area contributed by atoms with Crippen LogP contribution in [-0.2, 0) is 0 Å². The molecule has 1 fully saturated rings. The van der Waals surface area contributed by atoms with Crippen molar-refractivity contribution >= 4 is 0 Å². The van der Waals surface area contributed by atoms with Crippen molar-refractivity contribution in [2.24, 2.45) is 11.8 Å². The Morgan fingerprint density at radius 1 is 1.00 bits per heavy atom. The first-order valence-electron chi connectivity index (χ1n) is 8.33. The van der Waals surface area contributed by atoms with Gasteiger partial charge in [0, 0.05) is 6.04 Å². The molecule has 0 aromatic heterocycles. The molecule has 0 heterocycles. The number of hydrogen-bond donors (Lipinski definition) is 2. The molecule has 3 N–H and O–H groups in total. The van der Waals surface area contributed by atoms with Crippen molar-refractivity contribution in [2.45, 2.75) is 96.4 Å². The minimum Gasteiger partial charge on any atom is -0.271 e. The molecule has 0 saturated heterocycles. The smallest absolute Gasteiger partial charge is 0.0210 e. The summed E-state index contributed by atoms with van der Waals surface area (Å²) in [7, 11) is 0. The normalized spacial score (nSPS) is 19.0. The van der Waals surface area contributed by atoms with E-state index in [1.54, 1.807) is 0 Å². The third-order valence-corrected chi connectivity index (χ3v) is 4.54. The van der Waals surface area contributed by atoms with Gasteiger partial charge in [0.1, 0.15) is 0 Å². The quantitative estimate of drug-likeness (QED) is 0.341. The first-order chi connectivity index (χ1) is 8.86. The lowest BCUT2D eigenvalue weighted by molar-refractivity contribution is 0.307. The van der Waals surface area contributed by atoms with Crippen LogP contribution in [0.2, 0.25) is 0 Å². The van der Waals surface area contributed by atoms with Crippen LogP contribution in [0.5, 0.6) is 0 Å². The molecule has 1 aliphatic rings.